The summed E-state index contributed by atoms with van der Waals surface area (Å²) in [5, 5.41) is 14.8. The second kappa shape index (κ2) is 3.84. The highest BCUT2D eigenvalue weighted by Gasteiger charge is 2.33. The highest BCUT2D eigenvalue weighted by Crippen LogP contribution is 2.40. The van der Waals surface area contributed by atoms with E-state index >= 15 is 0 Å². The SMILES string of the molecule is CC(C)(C)Cn1cc2c(n1)CC(C)(C)C[C@H]2O. The van der Waals surface area contributed by atoms with Crippen LogP contribution in [0, 0.1) is 10.8 Å². The second-order valence-corrected chi connectivity index (χ2v) is 7.35. The van der Waals surface area contributed by atoms with Crippen molar-refractivity contribution in [3.63, 3.8) is 0 Å². The van der Waals surface area contributed by atoms with Gasteiger partial charge in [0.15, 0.2) is 0 Å². The van der Waals surface area contributed by atoms with Crippen LogP contribution in [0.25, 0.3) is 0 Å². The maximum atomic E-state index is 10.2. The lowest BCUT2D eigenvalue weighted by atomic mass is 9.75. The Bertz CT molecular complexity index is 412. The minimum absolute atomic E-state index is 0.160. The van der Waals surface area contributed by atoms with Crippen molar-refractivity contribution < 1.29 is 5.11 Å². The van der Waals surface area contributed by atoms with Crippen LogP contribution in [0.2, 0.25) is 0 Å². The first-order valence-corrected chi connectivity index (χ1v) is 6.41. The Kier molecular flexibility index (Phi) is 2.85. The molecule has 0 aromatic carbocycles. The molecule has 1 aliphatic carbocycles. The van der Waals surface area contributed by atoms with Crippen LogP contribution in [0.15, 0.2) is 6.20 Å². The summed E-state index contributed by atoms with van der Waals surface area (Å²) in [5.74, 6) is 0. The average molecular weight is 236 g/mol. The Morgan fingerprint density at radius 1 is 1.47 bits per heavy atom. The molecule has 0 bridgehead atoms. The molecule has 0 amide bonds. The van der Waals surface area contributed by atoms with Gasteiger partial charge in [-0.3, -0.25) is 4.68 Å². The number of hydrogen-bond acceptors (Lipinski definition) is 2. The molecule has 0 fully saturated rings. The van der Waals surface area contributed by atoms with Crippen LogP contribution in [-0.2, 0) is 13.0 Å². The highest BCUT2D eigenvalue weighted by molar-refractivity contribution is 5.24. The quantitative estimate of drug-likeness (QED) is 0.814. The van der Waals surface area contributed by atoms with Gasteiger partial charge in [-0.25, -0.2) is 0 Å². The fourth-order valence-electron chi connectivity index (χ4n) is 2.62. The van der Waals surface area contributed by atoms with Gasteiger partial charge in [-0.15, -0.1) is 0 Å². The fraction of sp³-hybridized carbons (Fsp3) is 0.786. The molecule has 0 spiro atoms. The van der Waals surface area contributed by atoms with E-state index in [1.807, 2.05) is 10.9 Å². The number of aliphatic hydroxyl groups excluding tert-OH is 1. The Balaban J connectivity index is 2.27. The first-order chi connectivity index (χ1) is 7.66. The van der Waals surface area contributed by atoms with Gasteiger partial charge in [0.1, 0.15) is 0 Å². The van der Waals surface area contributed by atoms with E-state index in [1.165, 1.54) is 0 Å². The minimum Gasteiger partial charge on any atom is -0.388 e. The summed E-state index contributed by atoms with van der Waals surface area (Å²) >= 11 is 0. The number of rotatable bonds is 1. The number of hydrogen-bond donors (Lipinski definition) is 1. The molecule has 1 aliphatic rings. The Labute approximate surface area is 104 Å². The Morgan fingerprint density at radius 3 is 2.71 bits per heavy atom. The summed E-state index contributed by atoms with van der Waals surface area (Å²) in [4.78, 5) is 0. The van der Waals surface area contributed by atoms with Crippen LogP contribution >= 0.6 is 0 Å². The van der Waals surface area contributed by atoms with Gasteiger partial charge in [0, 0.05) is 18.3 Å². The molecule has 3 nitrogen and oxygen atoms in total. The lowest BCUT2D eigenvalue weighted by Gasteiger charge is -2.31. The predicted molar refractivity (Wildman–Crippen MR) is 68.7 cm³/mol. The van der Waals surface area contributed by atoms with E-state index < -0.39 is 0 Å². The fourth-order valence-corrected chi connectivity index (χ4v) is 2.62. The zero-order chi connectivity index (χ0) is 12.8. The van der Waals surface area contributed by atoms with Crippen molar-refractivity contribution in [1.29, 1.82) is 0 Å². The molecule has 2 rings (SSSR count). The van der Waals surface area contributed by atoms with Gasteiger partial charge in [0.2, 0.25) is 0 Å². The van der Waals surface area contributed by atoms with Crippen molar-refractivity contribution in [3.05, 3.63) is 17.5 Å². The molecule has 0 saturated heterocycles. The molecule has 0 radical (unpaired) electrons. The topological polar surface area (TPSA) is 38.0 Å². The third kappa shape index (κ3) is 2.89. The van der Waals surface area contributed by atoms with Crippen LogP contribution in [0.5, 0.6) is 0 Å². The molecule has 96 valence electrons. The standard InChI is InChI=1S/C14H24N2O/c1-13(2,3)9-16-8-10-11(15-16)6-14(4,5)7-12(10)17/h8,12,17H,6-7,9H2,1-5H3/t12-/m1/s1. The summed E-state index contributed by atoms with van der Waals surface area (Å²) in [6.07, 6.45) is 3.49. The summed E-state index contributed by atoms with van der Waals surface area (Å²) in [6, 6.07) is 0. The van der Waals surface area contributed by atoms with Crippen LogP contribution in [0.4, 0.5) is 0 Å². The molecule has 0 unspecified atom stereocenters. The van der Waals surface area contributed by atoms with Crippen molar-refractivity contribution in [2.45, 2.75) is 60.1 Å². The number of nitrogens with zero attached hydrogens (tertiary/aromatic N) is 2. The van der Waals surface area contributed by atoms with Crippen LogP contribution in [0.1, 0.15) is 58.4 Å². The zero-order valence-corrected chi connectivity index (χ0v) is 11.6. The van der Waals surface area contributed by atoms with E-state index in [-0.39, 0.29) is 16.9 Å². The second-order valence-electron chi connectivity index (χ2n) is 7.35. The molecule has 1 aromatic heterocycles. The Hall–Kier alpha value is -0.830. The number of fused-ring (bicyclic) bond motifs is 1. The van der Waals surface area contributed by atoms with E-state index in [4.69, 9.17) is 0 Å². The molecular weight excluding hydrogens is 212 g/mol. The molecule has 0 saturated carbocycles. The van der Waals surface area contributed by atoms with Crippen molar-refractivity contribution >= 4 is 0 Å². The van der Waals surface area contributed by atoms with Gasteiger partial charge < -0.3 is 5.11 Å². The minimum atomic E-state index is -0.345. The Morgan fingerprint density at radius 2 is 2.12 bits per heavy atom. The maximum Gasteiger partial charge on any atom is 0.0828 e. The van der Waals surface area contributed by atoms with E-state index in [2.05, 4.69) is 39.7 Å². The molecule has 1 atom stereocenters. The van der Waals surface area contributed by atoms with Gasteiger partial charge in [0.25, 0.3) is 0 Å². The van der Waals surface area contributed by atoms with Crippen LogP contribution in [0.3, 0.4) is 0 Å². The molecular formula is C14H24N2O. The van der Waals surface area contributed by atoms with E-state index in [1.54, 1.807) is 0 Å². The molecule has 17 heavy (non-hydrogen) atoms. The molecule has 3 heteroatoms. The first-order valence-electron chi connectivity index (χ1n) is 6.41. The van der Waals surface area contributed by atoms with Crippen LogP contribution in [-0.4, -0.2) is 14.9 Å². The van der Waals surface area contributed by atoms with E-state index in [0.717, 1.165) is 30.6 Å². The third-order valence-electron chi connectivity index (χ3n) is 3.26. The van der Waals surface area contributed by atoms with E-state index in [9.17, 15) is 5.11 Å². The van der Waals surface area contributed by atoms with Crippen molar-refractivity contribution in [1.82, 2.24) is 9.78 Å². The molecule has 0 aliphatic heterocycles. The summed E-state index contributed by atoms with van der Waals surface area (Å²) in [6.45, 7) is 11.9. The predicted octanol–water partition coefficient (Wildman–Crippen LogP) is 2.94. The number of aromatic nitrogens is 2. The molecule has 1 heterocycles. The monoisotopic (exact) mass is 236 g/mol. The maximum absolute atomic E-state index is 10.2. The first kappa shape index (κ1) is 12.6. The molecule has 1 aromatic rings. The normalized spacial score (nSPS) is 23.5. The van der Waals surface area contributed by atoms with Gasteiger partial charge in [-0.2, -0.15) is 5.10 Å². The van der Waals surface area contributed by atoms with Gasteiger partial charge >= 0.3 is 0 Å². The highest BCUT2D eigenvalue weighted by atomic mass is 16.3. The van der Waals surface area contributed by atoms with Crippen LogP contribution < -0.4 is 0 Å². The van der Waals surface area contributed by atoms with Crippen molar-refractivity contribution in [2.75, 3.05) is 0 Å². The zero-order valence-electron chi connectivity index (χ0n) is 11.6. The van der Waals surface area contributed by atoms with E-state index in [0.29, 0.717) is 0 Å². The van der Waals surface area contributed by atoms with Crippen molar-refractivity contribution in [3.8, 4) is 0 Å². The lowest BCUT2D eigenvalue weighted by molar-refractivity contribution is 0.0993. The van der Waals surface area contributed by atoms with Crippen molar-refractivity contribution in [2.24, 2.45) is 10.8 Å². The van der Waals surface area contributed by atoms with Gasteiger partial charge in [-0.1, -0.05) is 34.6 Å². The largest absolute Gasteiger partial charge is 0.388 e. The smallest absolute Gasteiger partial charge is 0.0828 e. The summed E-state index contributed by atoms with van der Waals surface area (Å²) in [5.41, 5.74) is 2.49. The third-order valence-corrected chi connectivity index (χ3v) is 3.26. The number of aliphatic hydroxyl groups is 1. The van der Waals surface area contributed by atoms with Gasteiger partial charge in [0.05, 0.1) is 11.8 Å². The molecule has 1 N–H and O–H groups in total. The van der Waals surface area contributed by atoms with Gasteiger partial charge in [-0.05, 0) is 23.7 Å². The summed E-state index contributed by atoms with van der Waals surface area (Å²) < 4.78 is 2.00. The lowest BCUT2D eigenvalue weighted by Crippen LogP contribution is -2.25. The average Bonchev–Trinajstić information content (AvgIpc) is 2.41. The summed E-state index contributed by atoms with van der Waals surface area (Å²) in [7, 11) is 0.